The molecule has 0 bridgehead atoms. The minimum absolute atomic E-state index is 0.00698. The van der Waals surface area contributed by atoms with Gasteiger partial charge in [0.1, 0.15) is 5.76 Å². The number of carbonyl (C=O) groups is 2. The molecule has 24 heavy (non-hydrogen) atoms. The van der Waals surface area contributed by atoms with Crippen LogP contribution in [0, 0.1) is 20.8 Å². The summed E-state index contributed by atoms with van der Waals surface area (Å²) in [6.07, 6.45) is 1.57. The predicted molar refractivity (Wildman–Crippen MR) is 86.4 cm³/mol. The molecule has 7 nitrogen and oxygen atoms in total. The van der Waals surface area contributed by atoms with Crippen LogP contribution in [0.15, 0.2) is 16.7 Å². The van der Waals surface area contributed by atoms with E-state index in [1.807, 2.05) is 37.5 Å². The molecule has 2 aromatic heterocycles. The quantitative estimate of drug-likeness (QED) is 0.929. The first-order valence-electron chi connectivity index (χ1n) is 8.04. The Morgan fingerprint density at radius 1 is 1.33 bits per heavy atom. The van der Waals surface area contributed by atoms with Crippen molar-refractivity contribution in [2.75, 3.05) is 6.54 Å². The lowest BCUT2D eigenvalue weighted by molar-refractivity contribution is -0.137. The molecule has 1 atom stereocenters. The molecule has 1 unspecified atom stereocenters. The van der Waals surface area contributed by atoms with Crippen molar-refractivity contribution >= 4 is 11.9 Å². The second-order valence-corrected chi connectivity index (χ2v) is 6.31. The van der Waals surface area contributed by atoms with Crippen molar-refractivity contribution in [3.05, 3.63) is 34.8 Å². The molecule has 1 aliphatic rings. The summed E-state index contributed by atoms with van der Waals surface area (Å²) < 4.78 is 7.01. The van der Waals surface area contributed by atoms with Gasteiger partial charge >= 0.3 is 5.97 Å². The van der Waals surface area contributed by atoms with Crippen LogP contribution >= 0.6 is 0 Å². The molecule has 0 radical (unpaired) electrons. The van der Waals surface area contributed by atoms with Crippen LogP contribution in [0.5, 0.6) is 0 Å². The average molecular weight is 331 g/mol. The number of nitrogens with zero attached hydrogens (tertiary/aromatic N) is 3. The van der Waals surface area contributed by atoms with E-state index in [1.54, 1.807) is 4.90 Å². The van der Waals surface area contributed by atoms with Crippen LogP contribution in [0.3, 0.4) is 0 Å². The van der Waals surface area contributed by atoms with E-state index in [-0.39, 0.29) is 18.4 Å². The Labute approximate surface area is 139 Å². The van der Waals surface area contributed by atoms with Crippen molar-refractivity contribution in [1.82, 2.24) is 14.6 Å². The Bertz CT molecular complexity index is 790. The normalized spacial score (nSPS) is 17.5. The number of aromatic nitrogens is 2. The highest BCUT2D eigenvalue weighted by Gasteiger charge is 2.32. The Balaban J connectivity index is 1.92. The second-order valence-electron chi connectivity index (χ2n) is 6.31. The van der Waals surface area contributed by atoms with E-state index >= 15 is 0 Å². The van der Waals surface area contributed by atoms with Crippen molar-refractivity contribution in [2.45, 2.75) is 46.1 Å². The number of rotatable bonds is 4. The third kappa shape index (κ3) is 2.81. The summed E-state index contributed by atoms with van der Waals surface area (Å²) in [4.78, 5) is 25.6. The maximum atomic E-state index is 12.9. The van der Waals surface area contributed by atoms with E-state index in [0.717, 1.165) is 24.2 Å². The minimum atomic E-state index is -0.872. The summed E-state index contributed by atoms with van der Waals surface area (Å²) in [6, 6.07) is 3.42. The molecular formula is C17H21N3O4. The fourth-order valence-corrected chi connectivity index (χ4v) is 3.46. The lowest BCUT2D eigenvalue weighted by Crippen LogP contribution is -2.37. The topological polar surface area (TPSA) is 88.6 Å². The summed E-state index contributed by atoms with van der Waals surface area (Å²) in [5.41, 5.74) is 2.26. The standard InChI is InChI=1S/C17H21N3O4/c1-10-7-14(12(3)20(10)15-8-11(2)24-18-15)17(23)19-6-4-5-13(19)9-16(21)22/h7-8,13H,4-6,9H2,1-3H3,(H,21,22). The lowest BCUT2D eigenvalue weighted by atomic mass is 10.1. The average Bonchev–Trinajstić information content (AvgIpc) is 3.18. The summed E-state index contributed by atoms with van der Waals surface area (Å²) in [5, 5.41) is 13.1. The van der Waals surface area contributed by atoms with Crippen molar-refractivity contribution < 1.29 is 19.2 Å². The number of aryl methyl sites for hydroxylation is 2. The van der Waals surface area contributed by atoms with Gasteiger partial charge in [-0.05, 0) is 39.7 Å². The first kappa shape index (κ1) is 16.3. The van der Waals surface area contributed by atoms with E-state index in [9.17, 15) is 9.59 Å². The second kappa shape index (κ2) is 6.14. The molecule has 1 N–H and O–H groups in total. The van der Waals surface area contributed by atoms with Crippen molar-refractivity contribution in [1.29, 1.82) is 0 Å². The molecule has 1 amide bonds. The number of amides is 1. The van der Waals surface area contributed by atoms with Gasteiger partial charge in [0.2, 0.25) is 0 Å². The maximum absolute atomic E-state index is 12.9. The van der Waals surface area contributed by atoms with Gasteiger partial charge in [0.15, 0.2) is 5.82 Å². The minimum Gasteiger partial charge on any atom is -0.481 e. The summed E-state index contributed by atoms with van der Waals surface area (Å²) in [5.74, 6) is 0.359. The number of hydrogen-bond donors (Lipinski definition) is 1. The largest absolute Gasteiger partial charge is 0.481 e. The first-order chi connectivity index (χ1) is 11.4. The summed E-state index contributed by atoms with van der Waals surface area (Å²) in [7, 11) is 0. The zero-order valence-electron chi connectivity index (χ0n) is 14.1. The Kier molecular flexibility index (Phi) is 4.17. The molecule has 1 aliphatic heterocycles. The van der Waals surface area contributed by atoms with Gasteiger partial charge in [-0.1, -0.05) is 5.16 Å². The molecule has 1 saturated heterocycles. The molecule has 2 aromatic rings. The van der Waals surface area contributed by atoms with Crippen molar-refractivity contribution in [3.63, 3.8) is 0 Å². The number of aliphatic carboxylic acids is 1. The molecular weight excluding hydrogens is 310 g/mol. The molecule has 128 valence electrons. The van der Waals surface area contributed by atoms with Gasteiger partial charge in [0.25, 0.3) is 5.91 Å². The number of likely N-dealkylation sites (tertiary alicyclic amines) is 1. The van der Waals surface area contributed by atoms with E-state index in [4.69, 9.17) is 9.63 Å². The highest BCUT2D eigenvalue weighted by molar-refractivity contribution is 5.96. The molecule has 0 saturated carbocycles. The fraction of sp³-hybridized carbons (Fsp3) is 0.471. The lowest BCUT2D eigenvalue weighted by Gasteiger charge is -2.23. The van der Waals surface area contributed by atoms with Gasteiger partial charge in [-0.2, -0.15) is 0 Å². The van der Waals surface area contributed by atoms with Gasteiger partial charge < -0.3 is 14.5 Å². The predicted octanol–water partition coefficient (Wildman–Crippen LogP) is 2.47. The van der Waals surface area contributed by atoms with Crippen LogP contribution in [0.1, 0.15) is 46.8 Å². The molecule has 0 spiro atoms. The van der Waals surface area contributed by atoms with Gasteiger partial charge in [-0.15, -0.1) is 0 Å². The number of carboxylic acids is 1. The number of hydrogen-bond acceptors (Lipinski definition) is 4. The highest BCUT2D eigenvalue weighted by Crippen LogP contribution is 2.26. The third-order valence-corrected chi connectivity index (χ3v) is 4.55. The van der Waals surface area contributed by atoms with Gasteiger partial charge in [-0.3, -0.25) is 14.2 Å². The molecule has 0 aromatic carbocycles. The Morgan fingerprint density at radius 3 is 2.71 bits per heavy atom. The maximum Gasteiger partial charge on any atom is 0.305 e. The SMILES string of the molecule is Cc1cc(-n2c(C)cc(C(=O)N3CCCC3CC(=O)O)c2C)no1. The van der Waals surface area contributed by atoms with Gasteiger partial charge in [0.05, 0.1) is 12.0 Å². The fourth-order valence-electron chi connectivity index (χ4n) is 3.46. The van der Waals surface area contributed by atoms with Crippen LogP contribution in [0.4, 0.5) is 0 Å². The molecule has 0 aliphatic carbocycles. The van der Waals surface area contributed by atoms with Crippen LogP contribution in [0.25, 0.3) is 5.82 Å². The number of carboxylic acid groups (broad SMARTS) is 1. The monoisotopic (exact) mass is 331 g/mol. The summed E-state index contributed by atoms with van der Waals surface area (Å²) >= 11 is 0. The van der Waals surface area contributed by atoms with Crippen LogP contribution in [-0.2, 0) is 4.79 Å². The molecule has 1 fully saturated rings. The van der Waals surface area contributed by atoms with Crippen LogP contribution in [-0.4, -0.2) is 44.2 Å². The Morgan fingerprint density at radius 2 is 2.08 bits per heavy atom. The van der Waals surface area contributed by atoms with Crippen molar-refractivity contribution in [2.24, 2.45) is 0 Å². The van der Waals surface area contributed by atoms with E-state index < -0.39 is 5.97 Å². The summed E-state index contributed by atoms with van der Waals surface area (Å²) in [6.45, 7) is 6.19. The first-order valence-corrected chi connectivity index (χ1v) is 8.04. The Hall–Kier alpha value is -2.57. The molecule has 7 heteroatoms. The number of carbonyl (C=O) groups excluding carboxylic acids is 1. The highest BCUT2D eigenvalue weighted by atomic mass is 16.5. The van der Waals surface area contributed by atoms with E-state index in [1.165, 1.54) is 0 Å². The van der Waals surface area contributed by atoms with E-state index in [0.29, 0.717) is 23.7 Å². The molecule has 3 heterocycles. The zero-order chi connectivity index (χ0) is 17.4. The smallest absolute Gasteiger partial charge is 0.305 e. The van der Waals surface area contributed by atoms with Crippen molar-refractivity contribution in [3.8, 4) is 5.82 Å². The van der Waals surface area contributed by atoms with E-state index in [2.05, 4.69) is 5.16 Å². The third-order valence-electron chi connectivity index (χ3n) is 4.55. The van der Waals surface area contributed by atoms with Crippen LogP contribution in [0.2, 0.25) is 0 Å². The zero-order valence-corrected chi connectivity index (χ0v) is 14.1. The van der Waals surface area contributed by atoms with Crippen LogP contribution < -0.4 is 0 Å². The molecule has 3 rings (SSSR count). The van der Waals surface area contributed by atoms with Gasteiger partial charge in [-0.25, -0.2) is 0 Å². The van der Waals surface area contributed by atoms with Gasteiger partial charge in [0, 0.05) is 30.0 Å².